The Bertz CT molecular complexity index is 481. The second kappa shape index (κ2) is 5.65. The fraction of sp³-hybridized carbons (Fsp3) is 0.429. The number of hydrogen-bond donors (Lipinski definition) is 2. The molecule has 4 heteroatoms. The minimum atomic E-state index is -0.346. The molecule has 96 valence electrons. The minimum Gasteiger partial charge on any atom is -0.326 e. The van der Waals surface area contributed by atoms with Gasteiger partial charge in [0.2, 0.25) is 5.91 Å². The van der Waals surface area contributed by atoms with Crippen LogP contribution in [0, 0.1) is 18.3 Å². The fourth-order valence-corrected chi connectivity index (χ4v) is 1.47. The van der Waals surface area contributed by atoms with E-state index in [-0.39, 0.29) is 11.4 Å². The Labute approximate surface area is 108 Å². The van der Waals surface area contributed by atoms with Crippen molar-refractivity contribution in [2.45, 2.75) is 39.2 Å². The zero-order valence-electron chi connectivity index (χ0n) is 11.1. The molecule has 0 saturated carbocycles. The van der Waals surface area contributed by atoms with Crippen LogP contribution in [0.5, 0.6) is 0 Å². The predicted molar refractivity (Wildman–Crippen MR) is 72.0 cm³/mol. The highest BCUT2D eigenvalue weighted by Gasteiger charge is 2.13. The number of amides is 1. The number of nitrogens with zero attached hydrogens (tertiary/aromatic N) is 1. The van der Waals surface area contributed by atoms with Crippen molar-refractivity contribution in [2.75, 3.05) is 5.32 Å². The highest BCUT2D eigenvalue weighted by Crippen LogP contribution is 2.17. The van der Waals surface area contributed by atoms with Gasteiger partial charge < -0.3 is 11.1 Å². The number of carbonyl (C=O) groups is 1. The van der Waals surface area contributed by atoms with Gasteiger partial charge in [-0.2, -0.15) is 5.26 Å². The monoisotopic (exact) mass is 245 g/mol. The first-order valence-corrected chi connectivity index (χ1v) is 5.91. The summed E-state index contributed by atoms with van der Waals surface area (Å²) < 4.78 is 0. The average molecular weight is 245 g/mol. The number of benzene rings is 1. The Morgan fingerprint density at radius 3 is 2.72 bits per heavy atom. The van der Waals surface area contributed by atoms with Crippen LogP contribution in [0.15, 0.2) is 18.2 Å². The molecule has 0 bridgehead atoms. The van der Waals surface area contributed by atoms with E-state index in [1.807, 2.05) is 26.8 Å². The van der Waals surface area contributed by atoms with E-state index in [1.54, 1.807) is 12.1 Å². The lowest BCUT2D eigenvalue weighted by Gasteiger charge is -2.17. The van der Waals surface area contributed by atoms with Gasteiger partial charge in [0.15, 0.2) is 0 Å². The second-order valence-corrected chi connectivity index (χ2v) is 5.18. The van der Waals surface area contributed by atoms with Crippen LogP contribution in [0.2, 0.25) is 0 Å². The molecule has 1 amide bonds. The number of carbonyl (C=O) groups excluding carboxylic acids is 1. The largest absolute Gasteiger partial charge is 0.326 e. The molecule has 0 unspecified atom stereocenters. The molecular formula is C14H19N3O. The molecule has 4 nitrogen and oxygen atoms in total. The molecule has 18 heavy (non-hydrogen) atoms. The SMILES string of the molecule is Cc1ccc(C#N)cc1NC(=O)CCC(C)(C)N. The van der Waals surface area contributed by atoms with Crippen LogP contribution in [0.25, 0.3) is 0 Å². The molecule has 3 N–H and O–H groups in total. The van der Waals surface area contributed by atoms with Crippen LogP contribution in [0.4, 0.5) is 5.69 Å². The smallest absolute Gasteiger partial charge is 0.224 e. The Hall–Kier alpha value is -1.86. The van der Waals surface area contributed by atoms with Crippen molar-refractivity contribution < 1.29 is 4.79 Å². The van der Waals surface area contributed by atoms with Gasteiger partial charge in [0.25, 0.3) is 0 Å². The van der Waals surface area contributed by atoms with E-state index in [9.17, 15) is 4.79 Å². The quantitative estimate of drug-likeness (QED) is 0.854. The standard InChI is InChI=1S/C14H19N3O/c1-10-4-5-11(9-15)8-12(10)17-13(18)6-7-14(2,3)16/h4-5,8H,6-7,16H2,1-3H3,(H,17,18). The van der Waals surface area contributed by atoms with Gasteiger partial charge in [-0.15, -0.1) is 0 Å². The Kier molecular flexibility index (Phi) is 4.46. The first-order chi connectivity index (χ1) is 8.31. The van der Waals surface area contributed by atoms with Gasteiger partial charge in [0.1, 0.15) is 0 Å². The highest BCUT2D eigenvalue weighted by molar-refractivity contribution is 5.91. The van der Waals surface area contributed by atoms with Gasteiger partial charge in [-0.25, -0.2) is 0 Å². The van der Waals surface area contributed by atoms with Crippen molar-refractivity contribution in [2.24, 2.45) is 5.73 Å². The Morgan fingerprint density at radius 1 is 1.50 bits per heavy atom. The zero-order valence-corrected chi connectivity index (χ0v) is 11.1. The number of anilines is 1. The lowest BCUT2D eigenvalue weighted by Crippen LogP contribution is -2.33. The van der Waals surface area contributed by atoms with E-state index in [0.717, 1.165) is 5.56 Å². The number of nitriles is 1. The van der Waals surface area contributed by atoms with Crippen LogP contribution >= 0.6 is 0 Å². The molecule has 0 aliphatic heterocycles. The Balaban J connectivity index is 2.68. The molecule has 1 rings (SSSR count). The predicted octanol–water partition coefficient (Wildman–Crippen LogP) is 2.32. The zero-order chi connectivity index (χ0) is 13.8. The first-order valence-electron chi connectivity index (χ1n) is 5.91. The van der Waals surface area contributed by atoms with Gasteiger partial charge in [0.05, 0.1) is 11.6 Å². The van der Waals surface area contributed by atoms with Gasteiger partial charge in [-0.3, -0.25) is 4.79 Å². The van der Waals surface area contributed by atoms with Crippen molar-refractivity contribution in [1.29, 1.82) is 5.26 Å². The third-order valence-corrected chi connectivity index (χ3v) is 2.64. The number of aryl methyl sites for hydroxylation is 1. The molecule has 0 aromatic heterocycles. The van der Waals surface area contributed by atoms with E-state index in [2.05, 4.69) is 11.4 Å². The average Bonchev–Trinajstić information content (AvgIpc) is 2.28. The molecule has 0 atom stereocenters. The summed E-state index contributed by atoms with van der Waals surface area (Å²) in [5, 5.41) is 11.6. The summed E-state index contributed by atoms with van der Waals surface area (Å²) >= 11 is 0. The van der Waals surface area contributed by atoms with Crippen molar-refractivity contribution in [3.63, 3.8) is 0 Å². The summed E-state index contributed by atoms with van der Waals surface area (Å²) in [7, 11) is 0. The van der Waals surface area contributed by atoms with Crippen LogP contribution in [0.3, 0.4) is 0 Å². The maximum atomic E-state index is 11.8. The van der Waals surface area contributed by atoms with Crippen molar-refractivity contribution in [3.05, 3.63) is 29.3 Å². The molecule has 0 heterocycles. The minimum absolute atomic E-state index is 0.0771. The van der Waals surface area contributed by atoms with Crippen LogP contribution in [-0.2, 0) is 4.79 Å². The van der Waals surface area contributed by atoms with Crippen LogP contribution in [0.1, 0.15) is 37.8 Å². The van der Waals surface area contributed by atoms with Crippen LogP contribution < -0.4 is 11.1 Å². The number of rotatable bonds is 4. The lowest BCUT2D eigenvalue weighted by molar-refractivity contribution is -0.116. The molecule has 1 aromatic rings. The molecule has 0 spiro atoms. The van der Waals surface area contributed by atoms with Crippen molar-refractivity contribution in [3.8, 4) is 6.07 Å². The maximum absolute atomic E-state index is 11.8. The summed E-state index contributed by atoms with van der Waals surface area (Å²) in [6, 6.07) is 7.28. The Morgan fingerprint density at radius 2 is 2.17 bits per heavy atom. The molecule has 0 radical (unpaired) electrons. The summed E-state index contributed by atoms with van der Waals surface area (Å²) in [6.07, 6.45) is 0.996. The molecule has 1 aromatic carbocycles. The molecule has 0 fully saturated rings. The molecule has 0 saturated heterocycles. The van der Waals surface area contributed by atoms with E-state index < -0.39 is 0 Å². The lowest BCUT2D eigenvalue weighted by atomic mass is 10.00. The topological polar surface area (TPSA) is 78.9 Å². The summed E-state index contributed by atoms with van der Waals surface area (Å²) in [5.41, 5.74) is 7.65. The molecular weight excluding hydrogens is 226 g/mol. The second-order valence-electron chi connectivity index (χ2n) is 5.18. The molecule has 0 aliphatic carbocycles. The first kappa shape index (κ1) is 14.2. The number of hydrogen-bond acceptors (Lipinski definition) is 3. The summed E-state index contributed by atoms with van der Waals surface area (Å²) in [4.78, 5) is 11.8. The number of nitrogens with one attached hydrogen (secondary N) is 1. The third kappa shape index (κ3) is 4.56. The van der Waals surface area contributed by atoms with Gasteiger partial charge in [0, 0.05) is 17.6 Å². The van der Waals surface area contributed by atoms with E-state index in [0.29, 0.717) is 24.1 Å². The molecule has 0 aliphatic rings. The van der Waals surface area contributed by atoms with E-state index in [1.165, 1.54) is 0 Å². The van der Waals surface area contributed by atoms with E-state index in [4.69, 9.17) is 11.0 Å². The van der Waals surface area contributed by atoms with Crippen LogP contribution in [-0.4, -0.2) is 11.4 Å². The van der Waals surface area contributed by atoms with Crippen molar-refractivity contribution >= 4 is 11.6 Å². The fourth-order valence-electron chi connectivity index (χ4n) is 1.47. The highest BCUT2D eigenvalue weighted by atomic mass is 16.1. The van der Waals surface area contributed by atoms with Gasteiger partial charge in [-0.1, -0.05) is 6.07 Å². The van der Waals surface area contributed by atoms with Gasteiger partial charge >= 0.3 is 0 Å². The van der Waals surface area contributed by atoms with Crippen molar-refractivity contribution in [1.82, 2.24) is 0 Å². The summed E-state index contributed by atoms with van der Waals surface area (Å²) in [5.74, 6) is -0.0771. The normalized spacial score (nSPS) is 10.8. The third-order valence-electron chi connectivity index (χ3n) is 2.64. The summed E-state index contributed by atoms with van der Waals surface area (Å²) in [6.45, 7) is 5.67. The number of nitrogens with two attached hydrogens (primary N) is 1. The maximum Gasteiger partial charge on any atom is 0.224 e. The van der Waals surface area contributed by atoms with Gasteiger partial charge in [-0.05, 0) is 44.9 Å². The van der Waals surface area contributed by atoms with E-state index >= 15 is 0 Å².